The highest BCUT2D eigenvalue weighted by molar-refractivity contribution is 6.14. The highest BCUT2D eigenvalue weighted by atomic mass is 16.5. The molecular formula is C27H31N3O4. The molecule has 1 aliphatic heterocycles. The maximum Gasteiger partial charge on any atom is 0.276 e. The van der Waals surface area contributed by atoms with Crippen molar-refractivity contribution in [3.8, 4) is 11.5 Å². The second-order valence-electron chi connectivity index (χ2n) is 9.44. The van der Waals surface area contributed by atoms with Gasteiger partial charge in [-0.25, -0.2) is 0 Å². The number of aromatic nitrogens is 1. The Labute approximate surface area is 199 Å². The Morgan fingerprint density at radius 1 is 1.03 bits per heavy atom. The minimum Gasteiger partial charge on any atom is -0.497 e. The smallest absolute Gasteiger partial charge is 0.276 e. The molecule has 1 atom stereocenters. The van der Waals surface area contributed by atoms with Crippen molar-refractivity contribution < 1.29 is 19.1 Å². The predicted molar refractivity (Wildman–Crippen MR) is 132 cm³/mol. The van der Waals surface area contributed by atoms with Crippen LogP contribution in [0.2, 0.25) is 0 Å². The van der Waals surface area contributed by atoms with Crippen molar-refractivity contribution in [2.24, 2.45) is 0 Å². The lowest BCUT2D eigenvalue weighted by atomic mass is 9.91. The summed E-state index contributed by atoms with van der Waals surface area (Å²) in [5, 5.41) is 4.20. The molecular weight excluding hydrogens is 430 g/mol. The van der Waals surface area contributed by atoms with E-state index in [1.54, 1.807) is 19.1 Å². The summed E-state index contributed by atoms with van der Waals surface area (Å²) in [4.78, 5) is 29.6. The number of anilines is 1. The Balaban J connectivity index is 1.65. The fraction of sp³-hybridized carbons (Fsp3) is 0.407. The highest BCUT2D eigenvalue weighted by Gasteiger charge is 2.49. The van der Waals surface area contributed by atoms with E-state index in [1.807, 2.05) is 60.0 Å². The summed E-state index contributed by atoms with van der Waals surface area (Å²) in [5.41, 5.74) is 0.854. The standard InChI is InChI=1S/C27H31N3O4/c1-27(26(32)28-19-9-5-4-6-10-19)17-29-22-16-20(33-2)14-13-18(22)15-23(29)25(31)30(27)21-11-7-8-12-24(21)34-3/h7-8,11-16,19H,4-6,9-10,17H2,1-3H3,(H,28,32). The van der Waals surface area contributed by atoms with Crippen LogP contribution in [0, 0.1) is 0 Å². The van der Waals surface area contributed by atoms with Crippen LogP contribution in [0.5, 0.6) is 11.5 Å². The van der Waals surface area contributed by atoms with Gasteiger partial charge < -0.3 is 19.4 Å². The van der Waals surface area contributed by atoms with E-state index in [0.29, 0.717) is 29.4 Å². The fourth-order valence-electron chi connectivity index (χ4n) is 5.38. The van der Waals surface area contributed by atoms with E-state index in [9.17, 15) is 9.59 Å². The average Bonchev–Trinajstić information content (AvgIpc) is 3.22. The predicted octanol–water partition coefficient (Wildman–Crippen LogP) is 4.53. The van der Waals surface area contributed by atoms with Crippen molar-refractivity contribution in [3.05, 3.63) is 54.2 Å². The number of hydrogen-bond donors (Lipinski definition) is 1. The van der Waals surface area contributed by atoms with Crippen molar-refractivity contribution in [1.29, 1.82) is 0 Å². The van der Waals surface area contributed by atoms with Gasteiger partial charge >= 0.3 is 0 Å². The van der Waals surface area contributed by atoms with Gasteiger partial charge in [-0.1, -0.05) is 31.4 Å². The molecule has 3 aromatic rings. The van der Waals surface area contributed by atoms with Gasteiger partial charge in [0.25, 0.3) is 5.91 Å². The lowest BCUT2D eigenvalue weighted by molar-refractivity contribution is -0.127. The Morgan fingerprint density at radius 2 is 1.79 bits per heavy atom. The van der Waals surface area contributed by atoms with Crippen molar-refractivity contribution in [2.45, 2.75) is 57.2 Å². The first-order valence-electron chi connectivity index (χ1n) is 11.9. The first kappa shape index (κ1) is 22.3. The maximum absolute atomic E-state index is 14.1. The van der Waals surface area contributed by atoms with E-state index in [-0.39, 0.29) is 17.9 Å². The molecule has 7 heteroatoms. The summed E-state index contributed by atoms with van der Waals surface area (Å²) < 4.78 is 13.0. The molecule has 5 rings (SSSR count). The Bertz CT molecular complexity index is 1240. The van der Waals surface area contributed by atoms with E-state index in [1.165, 1.54) is 6.42 Å². The van der Waals surface area contributed by atoms with Crippen LogP contribution in [0.1, 0.15) is 49.5 Å². The molecule has 178 valence electrons. The van der Waals surface area contributed by atoms with Crippen molar-refractivity contribution >= 4 is 28.4 Å². The van der Waals surface area contributed by atoms with Gasteiger partial charge in [0, 0.05) is 17.5 Å². The van der Waals surface area contributed by atoms with Gasteiger partial charge in [0.15, 0.2) is 0 Å². The van der Waals surface area contributed by atoms with Crippen LogP contribution in [0.15, 0.2) is 48.5 Å². The zero-order valence-corrected chi connectivity index (χ0v) is 20.0. The lowest BCUT2D eigenvalue weighted by Crippen LogP contribution is -2.65. The molecule has 0 radical (unpaired) electrons. The monoisotopic (exact) mass is 461 g/mol. The number of fused-ring (bicyclic) bond motifs is 3. The van der Waals surface area contributed by atoms with Gasteiger partial charge in [-0.2, -0.15) is 0 Å². The molecule has 2 aliphatic rings. The molecule has 1 aliphatic carbocycles. The SMILES string of the molecule is COc1ccc2cc3n(c2c1)CC(C)(C(=O)NC1CCCCC1)N(c1ccccc1OC)C3=O. The number of hydrogen-bond acceptors (Lipinski definition) is 4. The van der Waals surface area contributed by atoms with E-state index >= 15 is 0 Å². The largest absolute Gasteiger partial charge is 0.497 e. The van der Waals surface area contributed by atoms with Crippen molar-refractivity contribution in [2.75, 3.05) is 19.1 Å². The van der Waals surface area contributed by atoms with Gasteiger partial charge in [-0.3, -0.25) is 14.5 Å². The number of nitrogens with zero attached hydrogens (tertiary/aromatic N) is 2. The normalized spacial score (nSPS) is 20.8. The first-order valence-corrected chi connectivity index (χ1v) is 11.9. The molecule has 7 nitrogen and oxygen atoms in total. The number of ether oxygens (including phenoxy) is 2. The van der Waals surface area contributed by atoms with Gasteiger partial charge in [0.05, 0.1) is 32.0 Å². The van der Waals surface area contributed by atoms with E-state index in [4.69, 9.17) is 9.47 Å². The summed E-state index contributed by atoms with van der Waals surface area (Å²) >= 11 is 0. The zero-order chi connectivity index (χ0) is 23.9. The molecule has 1 aromatic heterocycles. The van der Waals surface area contributed by atoms with Gasteiger partial charge in [0.1, 0.15) is 22.7 Å². The Kier molecular flexibility index (Phi) is 5.71. The first-order chi connectivity index (χ1) is 16.5. The molecule has 34 heavy (non-hydrogen) atoms. The van der Waals surface area contributed by atoms with Crippen LogP contribution in [0.4, 0.5) is 5.69 Å². The number of carbonyl (C=O) groups excluding carboxylic acids is 2. The molecule has 2 aromatic carbocycles. The number of amides is 2. The Hall–Kier alpha value is -3.48. The minimum atomic E-state index is -1.15. The number of benzene rings is 2. The van der Waals surface area contributed by atoms with Crippen LogP contribution < -0.4 is 19.7 Å². The second kappa shape index (κ2) is 8.70. The van der Waals surface area contributed by atoms with Crippen LogP contribution >= 0.6 is 0 Å². The van der Waals surface area contributed by atoms with Crippen molar-refractivity contribution in [1.82, 2.24) is 9.88 Å². The number of methoxy groups -OCH3 is 2. The number of nitrogens with one attached hydrogen (secondary N) is 1. The number of carbonyl (C=O) groups is 2. The molecule has 1 saturated carbocycles. The summed E-state index contributed by atoms with van der Waals surface area (Å²) in [5.74, 6) is 0.890. The average molecular weight is 462 g/mol. The van der Waals surface area contributed by atoms with Crippen LogP contribution in [0.25, 0.3) is 10.9 Å². The molecule has 0 bridgehead atoms. The molecule has 2 amide bonds. The quantitative estimate of drug-likeness (QED) is 0.606. The van der Waals surface area contributed by atoms with Gasteiger partial charge in [-0.15, -0.1) is 0 Å². The molecule has 2 heterocycles. The highest BCUT2D eigenvalue weighted by Crippen LogP contribution is 2.40. The molecule has 0 spiro atoms. The van der Waals surface area contributed by atoms with Crippen LogP contribution in [-0.2, 0) is 11.3 Å². The number of para-hydroxylation sites is 2. The van der Waals surface area contributed by atoms with E-state index in [0.717, 1.165) is 36.6 Å². The summed E-state index contributed by atoms with van der Waals surface area (Å²) in [6.07, 6.45) is 5.38. The fourth-order valence-corrected chi connectivity index (χ4v) is 5.38. The van der Waals surface area contributed by atoms with E-state index in [2.05, 4.69) is 5.32 Å². The third-order valence-corrected chi connectivity index (χ3v) is 7.25. The van der Waals surface area contributed by atoms with Gasteiger partial charge in [0.2, 0.25) is 5.91 Å². The molecule has 1 fully saturated rings. The summed E-state index contributed by atoms with van der Waals surface area (Å²) in [7, 11) is 3.20. The topological polar surface area (TPSA) is 72.8 Å². The third kappa shape index (κ3) is 3.59. The maximum atomic E-state index is 14.1. The zero-order valence-electron chi connectivity index (χ0n) is 20.0. The van der Waals surface area contributed by atoms with Crippen LogP contribution in [0.3, 0.4) is 0 Å². The molecule has 1 unspecified atom stereocenters. The van der Waals surface area contributed by atoms with Gasteiger partial charge in [-0.05, 0) is 50.1 Å². The third-order valence-electron chi connectivity index (χ3n) is 7.25. The number of rotatable bonds is 5. The van der Waals surface area contributed by atoms with Crippen LogP contribution in [-0.4, -0.2) is 42.2 Å². The van der Waals surface area contributed by atoms with E-state index < -0.39 is 5.54 Å². The Morgan fingerprint density at radius 3 is 2.53 bits per heavy atom. The molecule has 0 saturated heterocycles. The second-order valence-corrected chi connectivity index (χ2v) is 9.44. The summed E-state index contributed by atoms with van der Waals surface area (Å²) in [6, 6.07) is 15.1. The summed E-state index contributed by atoms with van der Waals surface area (Å²) in [6.45, 7) is 2.17. The molecule has 1 N–H and O–H groups in total. The minimum absolute atomic E-state index is 0.135. The van der Waals surface area contributed by atoms with Crippen molar-refractivity contribution in [3.63, 3.8) is 0 Å². The lowest BCUT2D eigenvalue weighted by Gasteiger charge is -2.45.